The maximum atomic E-state index is 14.4. The topological polar surface area (TPSA) is 113 Å². The maximum absolute atomic E-state index is 14.4. The fourth-order valence-electron chi connectivity index (χ4n) is 4.82. The van der Waals surface area contributed by atoms with Crippen LogP contribution in [0.25, 0.3) is 0 Å². The number of hydrogen-bond donors (Lipinski definition) is 3. The molecule has 1 aromatic carbocycles. The van der Waals surface area contributed by atoms with Crippen LogP contribution in [-0.2, 0) is 21.7 Å². The van der Waals surface area contributed by atoms with E-state index in [0.29, 0.717) is 12.0 Å². The molecule has 2 amide bonds. The Kier molecular flexibility index (Phi) is 6.37. The molecule has 4 rings (SSSR count). The Bertz CT molecular complexity index is 1200. The van der Waals surface area contributed by atoms with Gasteiger partial charge in [-0.25, -0.2) is 4.79 Å². The average Bonchev–Trinajstić information content (AvgIpc) is 3.10. The Hall–Kier alpha value is -3.37. The molecule has 1 saturated carbocycles. The van der Waals surface area contributed by atoms with E-state index in [9.17, 15) is 32.3 Å². The highest BCUT2D eigenvalue weighted by Crippen LogP contribution is 2.45. The third-order valence-corrected chi connectivity index (χ3v) is 6.59. The second-order valence-corrected chi connectivity index (χ2v) is 8.85. The van der Waals surface area contributed by atoms with Gasteiger partial charge in [0, 0.05) is 6.42 Å². The summed E-state index contributed by atoms with van der Waals surface area (Å²) in [5, 5.41) is 3.86. The third kappa shape index (κ3) is 4.26. The van der Waals surface area contributed by atoms with Crippen molar-refractivity contribution in [3.63, 3.8) is 0 Å². The summed E-state index contributed by atoms with van der Waals surface area (Å²) in [6, 6.07) is 8.37. The lowest BCUT2D eigenvalue weighted by atomic mass is 9.85. The molecular weight excluding hydrogens is 453 g/mol. The molecule has 1 aromatic heterocycles. The van der Waals surface area contributed by atoms with Gasteiger partial charge < -0.3 is 10.6 Å². The number of hydrogen-bond acceptors (Lipinski definition) is 4. The van der Waals surface area contributed by atoms with Crippen LogP contribution >= 0.6 is 0 Å². The first-order valence-corrected chi connectivity index (χ1v) is 11.2. The number of halogens is 3. The smallest absolute Gasteiger partial charge is 0.330 e. The van der Waals surface area contributed by atoms with Crippen LogP contribution in [0.2, 0.25) is 0 Å². The molecule has 0 radical (unpaired) electrons. The van der Waals surface area contributed by atoms with Crippen molar-refractivity contribution in [3.8, 4) is 0 Å². The first-order chi connectivity index (χ1) is 16.1. The lowest BCUT2D eigenvalue weighted by Gasteiger charge is -2.30. The zero-order valence-corrected chi connectivity index (χ0v) is 18.3. The van der Waals surface area contributed by atoms with Crippen LogP contribution in [0.3, 0.4) is 0 Å². The molecule has 2 heterocycles. The summed E-state index contributed by atoms with van der Waals surface area (Å²) in [5.41, 5.74) is -6.42. The standard InChI is InChI=1S/C23H25F3N4O4/c24-23(25,26)22(29-16(31)12-11-14-7-3-1-4-8-14)17-18(27-20(22)33)30(21(34)28-19(17)32)13-15-9-5-2-6-10-15/h2,5-6,9-10,14H,1,3-4,7-8,11-13H2,(H,27,33)(H,29,31)(H,28,32,34)/t22-/m1/s1. The number of anilines is 1. The second kappa shape index (κ2) is 9.11. The molecule has 8 nitrogen and oxygen atoms in total. The van der Waals surface area contributed by atoms with Gasteiger partial charge in [-0.1, -0.05) is 62.4 Å². The molecule has 11 heteroatoms. The van der Waals surface area contributed by atoms with E-state index in [1.807, 2.05) is 15.6 Å². The number of carbonyl (C=O) groups is 2. The second-order valence-electron chi connectivity index (χ2n) is 8.85. The number of nitrogens with zero attached hydrogens (tertiary/aromatic N) is 1. The Morgan fingerprint density at radius 2 is 1.76 bits per heavy atom. The van der Waals surface area contributed by atoms with E-state index in [4.69, 9.17) is 0 Å². The van der Waals surface area contributed by atoms with Gasteiger partial charge in [0.1, 0.15) is 11.4 Å². The minimum Gasteiger partial charge on any atom is -0.330 e. The van der Waals surface area contributed by atoms with Gasteiger partial charge >= 0.3 is 11.9 Å². The molecular formula is C23H25F3N4O4. The van der Waals surface area contributed by atoms with Crippen molar-refractivity contribution in [1.29, 1.82) is 0 Å². The lowest BCUT2D eigenvalue weighted by molar-refractivity contribution is -0.200. The number of amides is 2. The Balaban J connectivity index is 1.71. The monoisotopic (exact) mass is 478 g/mol. The average molecular weight is 478 g/mol. The van der Waals surface area contributed by atoms with Crippen molar-refractivity contribution in [2.75, 3.05) is 5.32 Å². The van der Waals surface area contributed by atoms with Gasteiger partial charge in [-0.05, 0) is 17.9 Å². The van der Waals surface area contributed by atoms with Crippen LogP contribution in [0.1, 0.15) is 56.1 Å². The molecule has 0 bridgehead atoms. The summed E-state index contributed by atoms with van der Waals surface area (Å²) < 4.78 is 44.1. The Labute approximate surface area is 192 Å². The number of fused-ring (bicyclic) bond motifs is 1. The normalized spacial score (nSPS) is 20.6. The number of carbonyl (C=O) groups excluding carboxylic acids is 2. The largest absolute Gasteiger partial charge is 0.425 e. The number of nitrogens with one attached hydrogen (secondary N) is 3. The molecule has 1 aliphatic carbocycles. The maximum Gasteiger partial charge on any atom is 0.425 e. The van der Waals surface area contributed by atoms with E-state index < -0.39 is 46.2 Å². The van der Waals surface area contributed by atoms with E-state index in [1.165, 1.54) is 0 Å². The Morgan fingerprint density at radius 3 is 2.41 bits per heavy atom. The van der Waals surface area contributed by atoms with Crippen LogP contribution < -0.4 is 21.9 Å². The van der Waals surface area contributed by atoms with Crippen molar-refractivity contribution in [2.45, 2.75) is 63.2 Å². The third-order valence-electron chi connectivity index (χ3n) is 6.59. The highest BCUT2D eigenvalue weighted by atomic mass is 19.4. The van der Waals surface area contributed by atoms with Gasteiger partial charge in [0.2, 0.25) is 11.4 Å². The number of benzene rings is 1. The first kappa shape index (κ1) is 23.8. The lowest BCUT2D eigenvalue weighted by Crippen LogP contribution is -2.62. The molecule has 0 saturated heterocycles. The van der Waals surface area contributed by atoms with Crippen LogP contribution in [0.15, 0.2) is 39.9 Å². The highest BCUT2D eigenvalue weighted by molar-refractivity contribution is 6.07. The number of rotatable bonds is 6. The summed E-state index contributed by atoms with van der Waals surface area (Å²) in [6.45, 7) is -0.192. The fourth-order valence-corrected chi connectivity index (χ4v) is 4.82. The molecule has 34 heavy (non-hydrogen) atoms. The van der Waals surface area contributed by atoms with Gasteiger partial charge in [-0.2, -0.15) is 13.2 Å². The summed E-state index contributed by atoms with van der Waals surface area (Å²) >= 11 is 0. The molecule has 1 aliphatic heterocycles. The zero-order chi connectivity index (χ0) is 24.5. The van der Waals surface area contributed by atoms with Crippen molar-refractivity contribution in [2.24, 2.45) is 5.92 Å². The SMILES string of the molecule is O=C(CCC1CCCCC1)N[C@@]1(C(F)(F)F)C(=O)Nc2c1c(=O)[nH]c(=O)n2Cc1ccccc1. The molecule has 182 valence electrons. The Morgan fingerprint density at radius 1 is 1.09 bits per heavy atom. The van der Waals surface area contributed by atoms with Gasteiger partial charge in [0.25, 0.3) is 11.5 Å². The quantitative estimate of drug-likeness (QED) is 0.593. The predicted molar refractivity (Wildman–Crippen MR) is 117 cm³/mol. The van der Waals surface area contributed by atoms with Crippen LogP contribution in [0.5, 0.6) is 0 Å². The summed E-state index contributed by atoms with van der Waals surface area (Å²) in [5.74, 6) is -2.94. The van der Waals surface area contributed by atoms with E-state index in [1.54, 1.807) is 30.3 Å². The van der Waals surface area contributed by atoms with Crippen molar-refractivity contribution in [1.82, 2.24) is 14.9 Å². The number of alkyl halides is 3. The van der Waals surface area contributed by atoms with E-state index in [0.717, 1.165) is 36.7 Å². The van der Waals surface area contributed by atoms with Gasteiger partial charge in [0.05, 0.1) is 6.54 Å². The van der Waals surface area contributed by atoms with Crippen LogP contribution in [0.4, 0.5) is 19.0 Å². The van der Waals surface area contributed by atoms with Crippen LogP contribution in [0, 0.1) is 5.92 Å². The van der Waals surface area contributed by atoms with Gasteiger partial charge in [-0.15, -0.1) is 0 Å². The molecule has 0 spiro atoms. The van der Waals surface area contributed by atoms with Crippen molar-refractivity contribution in [3.05, 3.63) is 62.3 Å². The van der Waals surface area contributed by atoms with Crippen LogP contribution in [-0.4, -0.2) is 27.5 Å². The summed E-state index contributed by atoms with van der Waals surface area (Å²) in [4.78, 5) is 52.4. The molecule has 3 N–H and O–H groups in total. The van der Waals surface area contributed by atoms with E-state index in [2.05, 4.69) is 0 Å². The molecule has 2 aromatic rings. The minimum atomic E-state index is -5.33. The van der Waals surface area contributed by atoms with Gasteiger partial charge in [0.15, 0.2) is 0 Å². The van der Waals surface area contributed by atoms with Crippen molar-refractivity contribution < 1.29 is 22.8 Å². The number of H-pyrrole nitrogens is 1. The van der Waals surface area contributed by atoms with E-state index in [-0.39, 0.29) is 18.9 Å². The van der Waals surface area contributed by atoms with Crippen molar-refractivity contribution >= 4 is 17.6 Å². The molecule has 1 atom stereocenters. The first-order valence-electron chi connectivity index (χ1n) is 11.2. The number of aromatic nitrogens is 2. The van der Waals surface area contributed by atoms with Gasteiger partial charge in [-0.3, -0.25) is 23.9 Å². The zero-order valence-electron chi connectivity index (χ0n) is 18.3. The fraction of sp³-hybridized carbons (Fsp3) is 0.478. The predicted octanol–water partition coefficient (Wildman–Crippen LogP) is 2.77. The molecule has 2 aliphatic rings. The molecule has 1 fully saturated rings. The summed E-state index contributed by atoms with van der Waals surface area (Å²) in [7, 11) is 0. The highest BCUT2D eigenvalue weighted by Gasteiger charge is 2.68. The summed E-state index contributed by atoms with van der Waals surface area (Å²) in [6.07, 6.45) is -0.176. The molecule has 0 unspecified atom stereocenters. The van der Waals surface area contributed by atoms with E-state index >= 15 is 0 Å². The minimum absolute atomic E-state index is 0.192. The number of aromatic amines is 1.